The maximum absolute atomic E-state index is 11.7. The molecule has 1 saturated heterocycles. The smallest absolute Gasteiger partial charge is 0.153 e. The van der Waals surface area contributed by atoms with E-state index in [9.17, 15) is 4.79 Å². The molecule has 1 fully saturated rings. The summed E-state index contributed by atoms with van der Waals surface area (Å²) in [5.74, 6) is 0.351. The third-order valence-corrected chi connectivity index (χ3v) is 3.90. The van der Waals surface area contributed by atoms with E-state index in [-0.39, 0.29) is 5.54 Å². The average molecular weight is 282 g/mol. The Morgan fingerprint density at radius 2 is 1.94 bits per heavy atom. The first-order valence-corrected chi connectivity index (χ1v) is 6.32. The highest BCUT2D eigenvalue weighted by molar-refractivity contribution is 9.10. The van der Waals surface area contributed by atoms with Gasteiger partial charge in [0.2, 0.25) is 0 Å². The maximum Gasteiger partial charge on any atom is 0.153 e. The van der Waals surface area contributed by atoms with E-state index in [0.717, 1.165) is 17.6 Å². The molecule has 1 aromatic rings. The van der Waals surface area contributed by atoms with Crippen LogP contribution < -0.4 is 0 Å². The van der Waals surface area contributed by atoms with Crippen molar-refractivity contribution in [3.63, 3.8) is 0 Å². The van der Waals surface area contributed by atoms with Crippen LogP contribution in [0, 0.1) is 0 Å². The second-order valence-electron chi connectivity index (χ2n) is 4.78. The summed E-state index contributed by atoms with van der Waals surface area (Å²) in [6.07, 6.45) is 0.684. The monoisotopic (exact) mass is 281 g/mol. The van der Waals surface area contributed by atoms with Crippen LogP contribution in [0.3, 0.4) is 0 Å². The molecule has 0 amide bonds. The van der Waals surface area contributed by atoms with Gasteiger partial charge in [-0.2, -0.15) is 0 Å². The number of carbonyl (C=O) groups is 1. The zero-order valence-corrected chi connectivity index (χ0v) is 11.3. The molecule has 2 nitrogen and oxygen atoms in total. The Labute approximate surface area is 105 Å². The van der Waals surface area contributed by atoms with Gasteiger partial charge in [-0.1, -0.05) is 28.1 Å². The molecule has 86 valence electrons. The van der Waals surface area contributed by atoms with Crippen LogP contribution in [0.25, 0.3) is 0 Å². The van der Waals surface area contributed by atoms with Gasteiger partial charge in [0.15, 0.2) is 5.78 Å². The Kier molecular flexibility index (Phi) is 3.17. The highest BCUT2D eigenvalue weighted by Gasteiger charge is 2.39. The fraction of sp³-hybridized carbons (Fsp3) is 0.462. The minimum atomic E-state index is -0.299. The van der Waals surface area contributed by atoms with Crippen molar-refractivity contribution in [3.8, 4) is 0 Å². The van der Waals surface area contributed by atoms with Crippen molar-refractivity contribution >= 4 is 21.7 Å². The number of carbonyl (C=O) groups excluding carboxylic acids is 1. The maximum atomic E-state index is 11.7. The largest absolute Gasteiger partial charge is 0.298 e. The van der Waals surface area contributed by atoms with Gasteiger partial charge in [-0.3, -0.25) is 9.69 Å². The number of likely N-dealkylation sites (tertiary alicyclic amines) is 1. The van der Waals surface area contributed by atoms with Crippen molar-refractivity contribution in [1.29, 1.82) is 0 Å². The minimum absolute atomic E-state index is 0.299. The van der Waals surface area contributed by atoms with Crippen LogP contribution in [0.15, 0.2) is 28.7 Å². The summed E-state index contributed by atoms with van der Waals surface area (Å²) in [4.78, 5) is 13.9. The van der Waals surface area contributed by atoms with Gasteiger partial charge in [-0.25, -0.2) is 0 Å². The fourth-order valence-corrected chi connectivity index (χ4v) is 2.35. The third-order valence-electron chi connectivity index (χ3n) is 3.37. The molecular weight excluding hydrogens is 266 g/mol. The molecule has 0 unspecified atom stereocenters. The lowest BCUT2D eigenvalue weighted by Crippen LogP contribution is -2.42. The average Bonchev–Trinajstić information content (AvgIpc) is 2.48. The van der Waals surface area contributed by atoms with Crippen molar-refractivity contribution in [2.24, 2.45) is 0 Å². The molecule has 1 aromatic carbocycles. The molecular formula is C13H16BrNO. The van der Waals surface area contributed by atoms with Crippen molar-refractivity contribution in [3.05, 3.63) is 34.3 Å². The van der Waals surface area contributed by atoms with E-state index in [1.165, 1.54) is 5.56 Å². The van der Waals surface area contributed by atoms with Crippen LogP contribution in [0.1, 0.15) is 25.8 Å². The molecule has 0 saturated carbocycles. The SMILES string of the molecule is CC1(C)C(=O)CCN1Cc1ccc(Br)cc1. The van der Waals surface area contributed by atoms with E-state index in [4.69, 9.17) is 0 Å². The fourth-order valence-electron chi connectivity index (χ4n) is 2.09. The van der Waals surface area contributed by atoms with E-state index in [2.05, 4.69) is 33.0 Å². The molecule has 0 atom stereocenters. The first-order chi connectivity index (χ1) is 7.50. The molecule has 0 aliphatic carbocycles. The molecule has 1 aliphatic heterocycles. The summed E-state index contributed by atoms with van der Waals surface area (Å²) in [5, 5.41) is 0. The van der Waals surface area contributed by atoms with Crippen molar-refractivity contribution < 1.29 is 4.79 Å². The van der Waals surface area contributed by atoms with Crippen molar-refractivity contribution in [2.75, 3.05) is 6.54 Å². The molecule has 0 spiro atoms. The van der Waals surface area contributed by atoms with Gasteiger partial charge in [0.1, 0.15) is 0 Å². The number of ketones is 1. The van der Waals surface area contributed by atoms with Gasteiger partial charge >= 0.3 is 0 Å². The number of benzene rings is 1. The van der Waals surface area contributed by atoms with E-state index < -0.39 is 0 Å². The molecule has 1 heterocycles. The van der Waals surface area contributed by atoms with Crippen LogP contribution in [0.4, 0.5) is 0 Å². The third kappa shape index (κ3) is 2.20. The van der Waals surface area contributed by atoms with Gasteiger partial charge in [0.05, 0.1) is 5.54 Å². The van der Waals surface area contributed by atoms with E-state index in [1.807, 2.05) is 26.0 Å². The summed E-state index contributed by atoms with van der Waals surface area (Å²) in [5.41, 5.74) is 0.957. The topological polar surface area (TPSA) is 20.3 Å². The lowest BCUT2D eigenvalue weighted by molar-refractivity contribution is -0.123. The first-order valence-electron chi connectivity index (χ1n) is 5.53. The normalized spacial score (nSPS) is 20.3. The number of nitrogens with zero attached hydrogens (tertiary/aromatic N) is 1. The number of rotatable bonds is 2. The van der Waals surface area contributed by atoms with Crippen molar-refractivity contribution in [1.82, 2.24) is 4.90 Å². The Hall–Kier alpha value is -0.670. The number of halogens is 1. The predicted molar refractivity (Wildman–Crippen MR) is 68.3 cm³/mol. The molecule has 1 aliphatic rings. The van der Waals surface area contributed by atoms with Crippen LogP contribution in [0.2, 0.25) is 0 Å². The summed E-state index contributed by atoms with van der Waals surface area (Å²) in [7, 11) is 0. The highest BCUT2D eigenvalue weighted by Crippen LogP contribution is 2.27. The Bertz CT molecular complexity index is 397. The molecule has 2 rings (SSSR count). The molecule has 0 bridgehead atoms. The number of hydrogen-bond donors (Lipinski definition) is 0. The molecule has 16 heavy (non-hydrogen) atoms. The Morgan fingerprint density at radius 1 is 1.31 bits per heavy atom. The van der Waals surface area contributed by atoms with E-state index >= 15 is 0 Å². The summed E-state index contributed by atoms with van der Waals surface area (Å²) < 4.78 is 1.09. The molecule has 0 N–H and O–H groups in total. The van der Waals surface area contributed by atoms with Crippen LogP contribution >= 0.6 is 15.9 Å². The van der Waals surface area contributed by atoms with E-state index in [0.29, 0.717) is 12.2 Å². The first kappa shape index (κ1) is 11.8. The number of Topliss-reactive ketones (excluding diaryl/α,β-unsaturated/α-hetero) is 1. The zero-order chi connectivity index (χ0) is 11.8. The Morgan fingerprint density at radius 3 is 2.44 bits per heavy atom. The second-order valence-corrected chi connectivity index (χ2v) is 5.70. The highest BCUT2D eigenvalue weighted by atomic mass is 79.9. The lowest BCUT2D eigenvalue weighted by atomic mass is 10.00. The van der Waals surface area contributed by atoms with E-state index in [1.54, 1.807) is 0 Å². The molecule has 0 aromatic heterocycles. The van der Waals surface area contributed by atoms with Gasteiger partial charge in [0.25, 0.3) is 0 Å². The van der Waals surface area contributed by atoms with Gasteiger partial charge in [0, 0.05) is 24.0 Å². The van der Waals surface area contributed by atoms with Crippen LogP contribution in [-0.2, 0) is 11.3 Å². The summed E-state index contributed by atoms with van der Waals surface area (Å²) in [6, 6.07) is 8.28. The Balaban J connectivity index is 2.11. The number of hydrogen-bond acceptors (Lipinski definition) is 2. The van der Waals surface area contributed by atoms with Gasteiger partial charge < -0.3 is 0 Å². The standard InChI is InChI=1S/C13H16BrNO/c1-13(2)12(16)7-8-15(13)9-10-3-5-11(14)6-4-10/h3-6H,7-9H2,1-2H3. The van der Waals surface area contributed by atoms with Crippen molar-refractivity contribution in [2.45, 2.75) is 32.4 Å². The zero-order valence-electron chi connectivity index (χ0n) is 9.66. The summed E-state index contributed by atoms with van der Waals surface area (Å²) >= 11 is 3.42. The van der Waals surface area contributed by atoms with Gasteiger partial charge in [-0.15, -0.1) is 0 Å². The summed E-state index contributed by atoms with van der Waals surface area (Å²) in [6.45, 7) is 5.76. The second kappa shape index (κ2) is 4.30. The molecule has 0 radical (unpaired) electrons. The molecule has 3 heteroatoms. The minimum Gasteiger partial charge on any atom is -0.298 e. The predicted octanol–water partition coefficient (Wildman–Crippen LogP) is 3.00. The lowest BCUT2D eigenvalue weighted by Gasteiger charge is -2.29. The quantitative estimate of drug-likeness (QED) is 0.831. The van der Waals surface area contributed by atoms with Gasteiger partial charge in [-0.05, 0) is 31.5 Å². The van der Waals surface area contributed by atoms with Crippen LogP contribution in [0.5, 0.6) is 0 Å². The van der Waals surface area contributed by atoms with Crippen LogP contribution in [-0.4, -0.2) is 22.8 Å².